The Morgan fingerprint density at radius 1 is 1.36 bits per heavy atom. The first-order valence-electron chi connectivity index (χ1n) is 4.83. The van der Waals surface area contributed by atoms with Crippen molar-refractivity contribution in [1.29, 1.82) is 0 Å². The summed E-state index contributed by atoms with van der Waals surface area (Å²) < 4.78 is 5.46. The van der Waals surface area contributed by atoms with Crippen LogP contribution in [0.25, 0.3) is 0 Å². The van der Waals surface area contributed by atoms with Gasteiger partial charge in [-0.1, -0.05) is 6.92 Å². The van der Waals surface area contributed by atoms with Gasteiger partial charge in [-0.05, 0) is 34.2 Å². The molecule has 0 spiro atoms. The first kappa shape index (κ1) is 13.4. The highest BCUT2D eigenvalue weighted by molar-refractivity contribution is 5.78. The number of ether oxygens (including phenoxy) is 1. The molecule has 0 aromatic rings. The second-order valence-corrected chi connectivity index (χ2v) is 4.57. The molecule has 0 aromatic carbocycles. The minimum absolute atomic E-state index is 0.166. The summed E-state index contributed by atoms with van der Waals surface area (Å²) in [5.74, 6) is -0.886. The van der Waals surface area contributed by atoms with Gasteiger partial charge in [-0.25, -0.2) is 0 Å². The van der Waals surface area contributed by atoms with E-state index in [1.165, 1.54) is 0 Å². The van der Waals surface area contributed by atoms with Gasteiger partial charge >= 0.3 is 5.97 Å². The van der Waals surface area contributed by atoms with E-state index in [0.29, 0.717) is 6.54 Å². The van der Waals surface area contributed by atoms with Crippen LogP contribution in [0.1, 0.15) is 34.6 Å². The lowest BCUT2D eigenvalue weighted by Gasteiger charge is -2.30. The molecule has 0 amide bonds. The lowest BCUT2D eigenvalue weighted by molar-refractivity contribution is -0.149. The van der Waals surface area contributed by atoms with E-state index in [4.69, 9.17) is 9.84 Å². The molecule has 0 saturated carbocycles. The van der Waals surface area contributed by atoms with E-state index in [1.807, 2.05) is 27.7 Å². The molecule has 4 nitrogen and oxygen atoms in total. The normalized spacial score (nSPS) is 16.4. The maximum atomic E-state index is 11.0. The first-order valence-corrected chi connectivity index (χ1v) is 4.83. The Labute approximate surface area is 85.6 Å². The molecule has 0 bridgehead atoms. The predicted octanol–water partition coefficient (Wildman–Crippen LogP) is 1.25. The van der Waals surface area contributed by atoms with Gasteiger partial charge in [0.05, 0.1) is 12.2 Å². The summed E-state index contributed by atoms with van der Waals surface area (Å²) in [6.45, 7) is 9.99. The Kier molecular flexibility index (Phi) is 4.55. The molecule has 0 aliphatic heterocycles. The highest BCUT2D eigenvalue weighted by atomic mass is 16.5. The van der Waals surface area contributed by atoms with Crippen LogP contribution in [-0.2, 0) is 9.53 Å². The molecule has 14 heavy (non-hydrogen) atoms. The molecular weight excluding hydrogens is 182 g/mol. The third kappa shape index (κ3) is 4.58. The number of carboxylic acids is 1. The summed E-state index contributed by atoms with van der Waals surface area (Å²) in [5, 5.41) is 11.9. The van der Waals surface area contributed by atoms with Crippen molar-refractivity contribution in [3.8, 4) is 0 Å². The van der Waals surface area contributed by atoms with Crippen LogP contribution in [0.15, 0.2) is 0 Å². The van der Waals surface area contributed by atoms with Gasteiger partial charge in [0.25, 0.3) is 0 Å². The van der Waals surface area contributed by atoms with Crippen LogP contribution >= 0.6 is 0 Å². The largest absolute Gasteiger partial charge is 0.480 e. The molecule has 0 saturated heterocycles. The summed E-state index contributed by atoms with van der Waals surface area (Å²) in [6, 6.07) is 0. The molecule has 84 valence electrons. The average Bonchev–Trinajstić information content (AvgIpc) is 2.00. The number of carboxylic acid groups (broad SMARTS) is 1. The van der Waals surface area contributed by atoms with Gasteiger partial charge in [0, 0.05) is 0 Å². The van der Waals surface area contributed by atoms with E-state index in [2.05, 4.69) is 5.32 Å². The zero-order chi connectivity index (χ0) is 11.4. The quantitative estimate of drug-likeness (QED) is 0.706. The number of likely N-dealkylation sites (N-methyl/N-ethyl adjacent to an activating group) is 1. The van der Waals surface area contributed by atoms with E-state index in [-0.39, 0.29) is 12.2 Å². The molecule has 0 fully saturated rings. The second kappa shape index (κ2) is 4.75. The van der Waals surface area contributed by atoms with Crippen molar-refractivity contribution < 1.29 is 14.6 Å². The van der Waals surface area contributed by atoms with Crippen molar-refractivity contribution in [2.75, 3.05) is 13.2 Å². The van der Waals surface area contributed by atoms with Gasteiger partial charge in [-0.2, -0.15) is 0 Å². The molecule has 1 unspecified atom stereocenters. The van der Waals surface area contributed by atoms with Crippen molar-refractivity contribution in [1.82, 2.24) is 5.32 Å². The highest BCUT2D eigenvalue weighted by Crippen LogP contribution is 2.12. The maximum absolute atomic E-state index is 11.0. The molecule has 0 aromatic heterocycles. The zero-order valence-electron chi connectivity index (χ0n) is 9.68. The number of hydrogen-bond donors (Lipinski definition) is 2. The van der Waals surface area contributed by atoms with Gasteiger partial charge in [0.15, 0.2) is 0 Å². The minimum Gasteiger partial charge on any atom is -0.480 e. The molecule has 0 rings (SSSR count). The Morgan fingerprint density at radius 2 is 1.86 bits per heavy atom. The molecule has 4 heteroatoms. The Morgan fingerprint density at radius 3 is 2.14 bits per heavy atom. The van der Waals surface area contributed by atoms with Crippen LogP contribution in [0.4, 0.5) is 0 Å². The van der Waals surface area contributed by atoms with Gasteiger partial charge < -0.3 is 15.2 Å². The monoisotopic (exact) mass is 203 g/mol. The van der Waals surface area contributed by atoms with Crippen molar-refractivity contribution in [3.05, 3.63) is 0 Å². The third-order valence-electron chi connectivity index (χ3n) is 1.83. The molecule has 0 heterocycles. The van der Waals surface area contributed by atoms with Crippen molar-refractivity contribution in [2.45, 2.75) is 45.8 Å². The number of rotatable bonds is 5. The molecule has 1 atom stereocenters. The molecule has 0 aliphatic carbocycles. The van der Waals surface area contributed by atoms with E-state index >= 15 is 0 Å². The second-order valence-electron chi connectivity index (χ2n) is 4.57. The molecular formula is C10H21NO3. The fourth-order valence-corrected chi connectivity index (χ4v) is 0.939. The van der Waals surface area contributed by atoms with Gasteiger partial charge in [0.1, 0.15) is 5.54 Å². The Bertz CT molecular complexity index is 198. The van der Waals surface area contributed by atoms with Gasteiger partial charge in [-0.3, -0.25) is 4.79 Å². The number of carbonyl (C=O) groups is 1. The standard InChI is InChI=1S/C10H21NO3/c1-6-11-10(5,8(12)13)7-14-9(2,3)4/h11H,6-7H2,1-5H3,(H,12,13). The number of aliphatic carboxylic acids is 1. The minimum atomic E-state index is -0.998. The lowest BCUT2D eigenvalue weighted by Crippen LogP contribution is -2.54. The van der Waals surface area contributed by atoms with Crippen LogP contribution in [0.3, 0.4) is 0 Å². The van der Waals surface area contributed by atoms with Crippen LogP contribution in [0.2, 0.25) is 0 Å². The van der Waals surface area contributed by atoms with Crippen molar-refractivity contribution in [3.63, 3.8) is 0 Å². The van der Waals surface area contributed by atoms with E-state index in [0.717, 1.165) is 0 Å². The van der Waals surface area contributed by atoms with Gasteiger partial charge in [0.2, 0.25) is 0 Å². The Hall–Kier alpha value is -0.610. The van der Waals surface area contributed by atoms with Crippen molar-refractivity contribution >= 4 is 5.97 Å². The topological polar surface area (TPSA) is 58.6 Å². The summed E-state index contributed by atoms with van der Waals surface area (Å²) >= 11 is 0. The van der Waals surface area contributed by atoms with E-state index in [1.54, 1.807) is 6.92 Å². The van der Waals surface area contributed by atoms with Crippen LogP contribution in [-0.4, -0.2) is 35.4 Å². The SMILES string of the molecule is CCNC(C)(COC(C)(C)C)C(=O)O. The molecule has 0 radical (unpaired) electrons. The van der Waals surface area contributed by atoms with Crippen LogP contribution in [0.5, 0.6) is 0 Å². The fraction of sp³-hybridized carbons (Fsp3) is 0.900. The maximum Gasteiger partial charge on any atom is 0.326 e. The Balaban J connectivity index is 4.31. The lowest BCUT2D eigenvalue weighted by atomic mass is 10.0. The molecule has 2 N–H and O–H groups in total. The van der Waals surface area contributed by atoms with E-state index < -0.39 is 11.5 Å². The summed E-state index contributed by atoms with van der Waals surface area (Å²) in [4.78, 5) is 11.0. The zero-order valence-corrected chi connectivity index (χ0v) is 9.68. The summed E-state index contributed by atoms with van der Waals surface area (Å²) in [5.41, 5.74) is -1.31. The van der Waals surface area contributed by atoms with Crippen LogP contribution in [0, 0.1) is 0 Å². The summed E-state index contributed by atoms with van der Waals surface area (Å²) in [6.07, 6.45) is 0. The third-order valence-corrected chi connectivity index (χ3v) is 1.83. The van der Waals surface area contributed by atoms with Gasteiger partial charge in [-0.15, -0.1) is 0 Å². The number of nitrogens with one attached hydrogen (secondary N) is 1. The van der Waals surface area contributed by atoms with Crippen molar-refractivity contribution in [2.24, 2.45) is 0 Å². The number of hydrogen-bond acceptors (Lipinski definition) is 3. The highest BCUT2D eigenvalue weighted by Gasteiger charge is 2.33. The average molecular weight is 203 g/mol. The smallest absolute Gasteiger partial charge is 0.326 e. The summed E-state index contributed by atoms with van der Waals surface area (Å²) in [7, 11) is 0. The molecule has 0 aliphatic rings. The van der Waals surface area contributed by atoms with E-state index in [9.17, 15) is 4.79 Å². The van der Waals surface area contributed by atoms with Crippen LogP contribution < -0.4 is 5.32 Å². The fourth-order valence-electron chi connectivity index (χ4n) is 0.939. The first-order chi connectivity index (χ1) is 6.21. The predicted molar refractivity (Wildman–Crippen MR) is 55.4 cm³/mol.